The molecular weight excluding hydrogens is 388 g/mol. The molecule has 0 radical (unpaired) electrons. The van der Waals surface area contributed by atoms with Crippen LogP contribution in [0.3, 0.4) is 0 Å². The largest absolute Gasteiger partial charge is 0.373 e. The Balaban J connectivity index is 1.41. The smallest absolute Gasteiger partial charge is 0.127 e. The van der Waals surface area contributed by atoms with Crippen LogP contribution in [-0.4, -0.2) is 30.7 Å². The lowest BCUT2D eigenvalue weighted by molar-refractivity contribution is -0.119. The van der Waals surface area contributed by atoms with E-state index in [4.69, 9.17) is 14.2 Å². The van der Waals surface area contributed by atoms with Crippen LogP contribution in [-0.2, 0) is 32.2 Å². The Labute approximate surface area is 183 Å². The number of benzene rings is 2. The number of rotatable bonds is 7. The highest BCUT2D eigenvalue weighted by molar-refractivity contribution is 5.59. The number of hydrogen-bond acceptors (Lipinski definition) is 4. The van der Waals surface area contributed by atoms with Crippen molar-refractivity contribution < 1.29 is 19.0 Å². The van der Waals surface area contributed by atoms with E-state index in [-0.39, 0.29) is 30.0 Å². The Bertz CT molecular complexity index is 938. The first-order valence-corrected chi connectivity index (χ1v) is 11.1. The molecule has 2 aromatic rings. The summed E-state index contributed by atoms with van der Waals surface area (Å²) in [6, 6.07) is 20.4. The summed E-state index contributed by atoms with van der Waals surface area (Å²) in [4.78, 5) is 12.0. The second-order valence-corrected chi connectivity index (χ2v) is 8.65. The monoisotopic (exact) mass is 416 g/mol. The summed E-state index contributed by atoms with van der Waals surface area (Å²) in [5.74, 6) is -0.134. The van der Waals surface area contributed by atoms with Gasteiger partial charge in [-0.15, -0.1) is 0 Å². The minimum Gasteiger partial charge on any atom is -0.373 e. The molecule has 5 rings (SSSR count). The number of allylic oxidation sites excluding steroid dienone is 1. The molecule has 0 saturated heterocycles. The van der Waals surface area contributed by atoms with Crippen molar-refractivity contribution in [3.8, 4) is 0 Å². The van der Waals surface area contributed by atoms with Gasteiger partial charge in [-0.05, 0) is 11.1 Å². The van der Waals surface area contributed by atoms with Gasteiger partial charge in [-0.3, -0.25) is 0 Å². The Morgan fingerprint density at radius 2 is 1.55 bits per heavy atom. The van der Waals surface area contributed by atoms with Gasteiger partial charge in [0.15, 0.2) is 0 Å². The molecule has 0 aromatic heterocycles. The number of fused-ring (bicyclic) bond motifs is 2. The Morgan fingerprint density at radius 3 is 2.13 bits per heavy atom. The molecule has 6 atom stereocenters. The van der Waals surface area contributed by atoms with Gasteiger partial charge in [0.25, 0.3) is 0 Å². The summed E-state index contributed by atoms with van der Waals surface area (Å²) in [7, 11) is 0. The van der Waals surface area contributed by atoms with E-state index in [2.05, 4.69) is 42.5 Å². The van der Waals surface area contributed by atoms with Crippen LogP contribution in [0.4, 0.5) is 0 Å². The highest BCUT2D eigenvalue weighted by Gasteiger charge is 2.58. The molecule has 160 valence electrons. The fraction of sp³-hybridized carbons (Fsp3) is 0.370. The highest BCUT2D eigenvalue weighted by atomic mass is 16.5. The molecule has 0 amide bonds. The molecule has 4 heteroatoms. The minimum atomic E-state index is -0.517. The van der Waals surface area contributed by atoms with Gasteiger partial charge in [-0.2, -0.15) is 0 Å². The van der Waals surface area contributed by atoms with Crippen LogP contribution in [0.5, 0.6) is 0 Å². The van der Waals surface area contributed by atoms with Crippen molar-refractivity contribution >= 4 is 6.29 Å². The Hall–Kier alpha value is -2.53. The Morgan fingerprint density at radius 1 is 0.903 bits per heavy atom. The molecule has 2 aromatic carbocycles. The first-order chi connectivity index (χ1) is 15.3. The lowest BCUT2D eigenvalue weighted by Crippen LogP contribution is -2.49. The average molecular weight is 417 g/mol. The van der Waals surface area contributed by atoms with Crippen molar-refractivity contribution in [3.05, 3.63) is 96.1 Å². The summed E-state index contributed by atoms with van der Waals surface area (Å²) >= 11 is 0. The van der Waals surface area contributed by atoms with Gasteiger partial charge >= 0.3 is 0 Å². The van der Waals surface area contributed by atoms with Gasteiger partial charge in [0.2, 0.25) is 0 Å². The quantitative estimate of drug-likeness (QED) is 0.492. The fourth-order valence-corrected chi connectivity index (χ4v) is 5.42. The number of aldehydes is 1. The summed E-state index contributed by atoms with van der Waals surface area (Å²) in [6.07, 6.45) is 9.95. The second-order valence-electron chi connectivity index (χ2n) is 8.65. The SMILES string of the molecule is O=C[C@H]1C=C[C@]2(C=CCO2)[C@H]2[C@@H]1[C@@H](OCc1ccccc1)C[C@H]2OCc1ccccc1. The van der Waals surface area contributed by atoms with Crippen molar-refractivity contribution in [3.63, 3.8) is 0 Å². The van der Waals surface area contributed by atoms with Crippen molar-refractivity contribution in [1.82, 2.24) is 0 Å². The minimum absolute atomic E-state index is 0.0229. The van der Waals surface area contributed by atoms with Crippen LogP contribution in [0.2, 0.25) is 0 Å². The zero-order valence-corrected chi connectivity index (χ0v) is 17.5. The van der Waals surface area contributed by atoms with E-state index in [0.717, 1.165) is 23.8 Å². The maximum atomic E-state index is 12.0. The molecule has 3 aliphatic rings. The van der Waals surface area contributed by atoms with Gasteiger partial charge in [0.05, 0.1) is 32.0 Å². The van der Waals surface area contributed by atoms with E-state index in [9.17, 15) is 4.79 Å². The third kappa shape index (κ3) is 4.03. The van der Waals surface area contributed by atoms with Gasteiger partial charge in [0, 0.05) is 24.2 Å². The van der Waals surface area contributed by atoms with E-state index in [0.29, 0.717) is 19.8 Å². The predicted octanol–water partition coefficient (Wildman–Crippen LogP) is 4.50. The maximum Gasteiger partial charge on any atom is 0.127 e. The van der Waals surface area contributed by atoms with Crippen LogP contribution in [0.15, 0.2) is 85.0 Å². The summed E-state index contributed by atoms with van der Waals surface area (Å²) in [5.41, 5.74) is 1.76. The lowest BCUT2D eigenvalue weighted by Gasteiger charge is -2.43. The highest BCUT2D eigenvalue weighted by Crippen LogP contribution is 2.52. The number of hydrogen-bond donors (Lipinski definition) is 0. The predicted molar refractivity (Wildman–Crippen MR) is 118 cm³/mol. The molecule has 1 fully saturated rings. The lowest BCUT2D eigenvalue weighted by atomic mass is 9.69. The first-order valence-electron chi connectivity index (χ1n) is 11.1. The Kier molecular flexibility index (Phi) is 5.86. The molecule has 2 aliphatic carbocycles. The maximum absolute atomic E-state index is 12.0. The zero-order chi connectivity index (χ0) is 21.1. The molecule has 0 bridgehead atoms. The molecule has 4 nitrogen and oxygen atoms in total. The first kappa shape index (κ1) is 20.4. The van der Waals surface area contributed by atoms with Crippen LogP contribution < -0.4 is 0 Å². The molecule has 31 heavy (non-hydrogen) atoms. The average Bonchev–Trinajstić information content (AvgIpc) is 3.44. The van der Waals surface area contributed by atoms with Crippen molar-refractivity contribution in [2.24, 2.45) is 17.8 Å². The van der Waals surface area contributed by atoms with Gasteiger partial charge in [-0.25, -0.2) is 0 Å². The number of carbonyl (C=O) groups is 1. The number of ether oxygens (including phenoxy) is 3. The molecule has 0 N–H and O–H groups in total. The molecule has 1 saturated carbocycles. The van der Waals surface area contributed by atoms with E-state index in [1.807, 2.05) is 42.5 Å². The van der Waals surface area contributed by atoms with Crippen LogP contribution in [0.25, 0.3) is 0 Å². The standard InChI is InChI=1S/C27H28O4/c28-17-22-12-14-27(13-7-15-31-27)26-24(30-19-21-10-5-2-6-11-21)16-23(25(22)26)29-18-20-8-3-1-4-9-20/h1-14,17,22-26H,15-16,18-19H2/t22-,23+,24-,25+,26-,27-/m1/s1. The molecule has 1 heterocycles. The summed E-state index contributed by atoms with van der Waals surface area (Å²) in [6.45, 7) is 1.65. The fourth-order valence-electron chi connectivity index (χ4n) is 5.42. The molecule has 1 spiro atoms. The zero-order valence-electron chi connectivity index (χ0n) is 17.5. The summed E-state index contributed by atoms with van der Waals surface area (Å²) < 4.78 is 19.1. The van der Waals surface area contributed by atoms with Gasteiger partial charge in [-0.1, -0.05) is 85.0 Å². The second kappa shape index (κ2) is 8.91. The van der Waals surface area contributed by atoms with Crippen LogP contribution >= 0.6 is 0 Å². The van der Waals surface area contributed by atoms with Gasteiger partial charge in [0.1, 0.15) is 11.9 Å². The van der Waals surface area contributed by atoms with E-state index < -0.39 is 5.60 Å². The summed E-state index contributed by atoms with van der Waals surface area (Å²) in [5, 5.41) is 0. The third-order valence-electron chi connectivity index (χ3n) is 6.83. The van der Waals surface area contributed by atoms with Crippen molar-refractivity contribution in [2.75, 3.05) is 6.61 Å². The van der Waals surface area contributed by atoms with Crippen molar-refractivity contribution in [1.29, 1.82) is 0 Å². The van der Waals surface area contributed by atoms with Crippen LogP contribution in [0.1, 0.15) is 17.5 Å². The van der Waals surface area contributed by atoms with Gasteiger partial charge < -0.3 is 19.0 Å². The molecular formula is C27H28O4. The molecule has 1 aliphatic heterocycles. The number of carbonyl (C=O) groups excluding carboxylic acids is 1. The van der Waals surface area contributed by atoms with Crippen molar-refractivity contribution in [2.45, 2.75) is 37.4 Å². The molecule has 0 unspecified atom stereocenters. The van der Waals surface area contributed by atoms with E-state index in [1.165, 1.54) is 0 Å². The normalized spacial score (nSPS) is 33.6. The topological polar surface area (TPSA) is 44.8 Å². The van der Waals surface area contributed by atoms with Crippen LogP contribution in [0, 0.1) is 17.8 Å². The third-order valence-corrected chi connectivity index (χ3v) is 6.83. The van der Waals surface area contributed by atoms with E-state index in [1.54, 1.807) is 0 Å². The van der Waals surface area contributed by atoms with E-state index >= 15 is 0 Å².